The Labute approximate surface area is 93.3 Å². The molecule has 0 amide bonds. The van der Waals surface area contributed by atoms with Crippen molar-refractivity contribution in [2.24, 2.45) is 0 Å². The standard InChI is InChI=1S/C11H15BrN2/c1-3-8(2)7-14-11-5-4-9(12)6-10(11)13/h4-6,14H,2-3,7,13H2,1H3. The second-order valence-electron chi connectivity index (χ2n) is 3.19. The first-order valence-electron chi connectivity index (χ1n) is 4.59. The van der Waals surface area contributed by atoms with Gasteiger partial charge in [0.25, 0.3) is 0 Å². The van der Waals surface area contributed by atoms with E-state index in [2.05, 4.69) is 34.7 Å². The van der Waals surface area contributed by atoms with Gasteiger partial charge in [0.1, 0.15) is 0 Å². The lowest BCUT2D eigenvalue weighted by Crippen LogP contribution is -2.05. The molecule has 0 aromatic heterocycles. The molecule has 0 aliphatic carbocycles. The molecule has 0 atom stereocenters. The summed E-state index contributed by atoms with van der Waals surface area (Å²) in [6.45, 7) is 6.80. The Morgan fingerprint density at radius 2 is 2.29 bits per heavy atom. The number of nitrogen functional groups attached to an aromatic ring is 1. The van der Waals surface area contributed by atoms with E-state index < -0.39 is 0 Å². The largest absolute Gasteiger partial charge is 0.397 e. The average Bonchev–Trinajstić information content (AvgIpc) is 2.16. The Bertz CT molecular complexity index is 334. The van der Waals surface area contributed by atoms with Crippen LogP contribution in [0, 0.1) is 0 Å². The quantitative estimate of drug-likeness (QED) is 0.639. The zero-order valence-corrected chi connectivity index (χ0v) is 9.89. The number of halogens is 1. The average molecular weight is 255 g/mol. The van der Waals surface area contributed by atoms with E-state index >= 15 is 0 Å². The van der Waals surface area contributed by atoms with Crippen molar-refractivity contribution in [3.05, 3.63) is 34.8 Å². The van der Waals surface area contributed by atoms with Crippen LogP contribution in [0.15, 0.2) is 34.8 Å². The maximum Gasteiger partial charge on any atom is 0.0577 e. The Hall–Kier alpha value is -0.960. The molecule has 0 fully saturated rings. The van der Waals surface area contributed by atoms with Crippen LogP contribution in [0.5, 0.6) is 0 Å². The van der Waals surface area contributed by atoms with Crippen LogP contribution in [0.25, 0.3) is 0 Å². The van der Waals surface area contributed by atoms with E-state index in [1.54, 1.807) is 0 Å². The molecule has 76 valence electrons. The number of nitrogens with two attached hydrogens (primary N) is 1. The minimum atomic E-state index is 0.753. The van der Waals surface area contributed by atoms with Crippen molar-refractivity contribution >= 4 is 27.3 Å². The molecule has 3 heteroatoms. The van der Waals surface area contributed by atoms with Crippen LogP contribution in [0.1, 0.15) is 13.3 Å². The summed E-state index contributed by atoms with van der Waals surface area (Å²) >= 11 is 3.36. The molecule has 2 nitrogen and oxygen atoms in total. The van der Waals surface area contributed by atoms with E-state index in [-0.39, 0.29) is 0 Å². The summed E-state index contributed by atoms with van der Waals surface area (Å²) in [5.41, 5.74) is 8.71. The molecule has 3 N–H and O–H groups in total. The predicted molar refractivity (Wildman–Crippen MR) is 66.5 cm³/mol. The molecular weight excluding hydrogens is 240 g/mol. The van der Waals surface area contributed by atoms with Crippen LogP contribution in [0.2, 0.25) is 0 Å². The van der Waals surface area contributed by atoms with Gasteiger partial charge < -0.3 is 11.1 Å². The van der Waals surface area contributed by atoms with Gasteiger partial charge in [-0.15, -0.1) is 0 Å². The Morgan fingerprint density at radius 1 is 1.57 bits per heavy atom. The fraction of sp³-hybridized carbons (Fsp3) is 0.273. The fourth-order valence-corrected chi connectivity index (χ4v) is 1.42. The molecule has 0 aliphatic rings. The number of rotatable bonds is 4. The number of hydrogen-bond acceptors (Lipinski definition) is 2. The highest BCUT2D eigenvalue weighted by Crippen LogP contribution is 2.23. The van der Waals surface area contributed by atoms with E-state index in [0.29, 0.717) is 0 Å². The van der Waals surface area contributed by atoms with Gasteiger partial charge in [-0.2, -0.15) is 0 Å². The molecule has 14 heavy (non-hydrogen) atoms. The van der Waals surface area contributed by atoms with Gasteiger partial charge in [0.2, 0.25) is 0 Å². The maximum absolute atomic E-state index is 5.83. The summed E-state index contributed by atoms with van der Waals surface area (Å²) in [5.74, 6) is 0. The minimum absolute atomic E-state index is 0.753. The lowest BCUT2D eigenvalue weighted by Gasteiger charge is -2.10. The highest BCUT2D eigenvalue weighted by atomic mass is 79.9. The van der Waals surface area contributed by atoms with Crippen LogP contribution in [-0.4, -0.2) is 6.54 Å². The van der Waals surface area contributed by atoms with Crippen LogP contribution in [-0.2, 0) is 0 Å². The Balaban J connectivity index is 2.63. The third-order valence-corrected chi connectivity index (χ3v) is 2.54. The summed E-state index contributed by atoms with van der Waals surface area (Å²) < 4.78 is 0.995. The van der Waals surface area contributed by atoms with E-state index in [9.17, 15) is 0 Å². The molecule has 1 aromatic carbocycles. The second-order valence-corrected chi connectivity index (χ2v) is 4.10. The van der Waals surface area contributed by atoms with Crippen molar-refractivity contribution in [3.8, 4) is 0 Å². The number of anilines is 2. The van der Waals surface area contributed by atoms with Crippen molar-refractivity contribution in [2.45, 2.75) is 13.3 Å². The van der Waals surface area contributed by atoms with Crippen molar-refractivity contribution in [2.75, 3.05) is 17.6 Å². The molecule has 0 saturated heterocycles. The highest BCUT2D eigenvalue weighted by molar-refractivity contribution is 9.10. The Kier molecular flexibility index (Phi) is 4.01. The molecule has 1 aromatic rings. The number of nitrogens with one attached hydrogen (secondary N) is 1. The summed E-state index contributed by atoms with van der Waals surface area (Å²) in [7, 11) is 0. The first-order valence-corrected chi connectivity index (χ1v) is 5.38. The molecule has 0 saturated carbocycles. The normalized spacial score (nSPS) is 9.86. The molecule has 0 radical (unpaired) electrons. The van der Waals surface area contributed by atoms with E-state index in [4.69, 9.17) is 5.73 Å². The summed E-state index contributed by atoms with van der Waals surface area (Å²) in [4.78, 5) is 0. The van der Waals surface area contributed by atoms with Gasteiger partial charge in [0.15, 0.2) is 0 Å². The lowest BCUT2D eigenvalue weighted by molar-refractivity contribution is 1.05. The number of benzene rings is 1. The summed E-state index contributed by atoms with van der Waals surface area (Å²) in [5, 5.41) is 3.25. The van der Waals surface area contributed by atoms with E-state index in [1.807, 2.05) is 18.2 Å². The third-order valence-electron chi connectivity index (χ3n) is 2.04. The van der Waals surface area contributed by atoms with Gasteiger partial charge >= 0.3 is 0 Å². The molecular formula is C11H15BrN2. The lowest BCUT2D eigenvalue weighted by atomic mass is 10.2. The molecule has 0 spiro atoms. The topological polar surface area (TPSA) is 38.0 Å². The van der Waals surface area contributed by atoms with Crippen molar-refractivity contribution in [1.29, 1.82) is 0 Å². The van der Waals surface area contributed by atoms with Crippen LogP contribution in [0.4, 0.5) is 11.4 Å². The first kappa shape index (κ1) is 11.1. The maximum atomic E-state index is 5.83. The zero-order chi connectivity index (χ0) is 10.6. The fourth-order valence-electron chi connectivity index (χ4n) is 1.04. The molecule has 0 aliphatic heterocycles. The number of hydrogen-bond donors (Lipinski definition) is 2. The van der Waals surface area contributed by atoms with E-state index in [0.717, 1.165) is 28.8 Å². The molecule has 0 heterocycles. The predicted octanol–water partition coefficient (Wildman–Crippen LogP) is 3.41. The van der Waals surface area contributed by atoms with Gasteiger partial charge in [-0.1, -0.05) is 35.0 Å². The summed E-state index contributed by atoms with van der Waals surface area (Å²) in [6, 6.07) is 5.81. The third kappa shape index (κ3) is 3.07. The van der Waals surface area contributed by atoms with Gasteiger partial charge in [0, 0.05) is 11.0 Å². The minimum Gasteiger partial charge on any atom is -0.397 e. The van der Waals surface area contributed by atoms with Crippen molar-refractivity contribution in [1.82, 2.24) is 0 Å². The van der Waals surface area contributed by atoms with Gasteiger partial charge in [0.05, 0.1) is 11.4 Å². The van der Waals surface area contributed by atoms with Crippen LogP contribution < -0.4 is 11.1 Å². The summed E-state index contributed by atoms with van der Waals surface area (Å²) in [6.07, 6.45) is 0.990. The molecule has 0 unspecified atom stereocenters. The van der Waals surface area contributed by atoms with Gasteiger partial charge in [-0.05, 0) is 24.6 Å². The second kappa shape index (κ2) is 5.05. The highest BCUT2D eigenvalue weighted by Gasteiger charge is 1.98. The molecule has 1 rings (SSSR count). The SMILES string of the molecule is C=C(CC)CNc1ccc(Br)cc1N. The Morgan fingerprint density at radius 3 is 2.86 bits per heavy atom. The molecule has 0 bridgehead atoms. The van der Waals surface area contributed by atoms with E-state index in [1.165, 1.54) is 5.57 Å². The van der Waals surface area contributed by atoms with Crippen LogP contribution in [0.3, 0.4) is 0 Å². The monoisotopic (exact) mass is 254 g/mol. The zero-order valence-electron chi connectivity index (χ0n) is 8.31. The smallest absolute Gasteiger partial charge is 0.0577 e. The van der Waals surface area contributed by atoms with Gasteiger partial charge in [-0.25, -0.2) is 0 Å². The van der Waals surface area contributed by atoms with Crippen molar-refractivity contribution in [3.63, 3.8) is 0 Å². The van der Waals surface area contributed by atoms with Gasteiger partial charge in [-0.3, -0.25) is 0 Å². The van der Waals surface area contributed by atoms with Crippen molar-refractivity contribution < 1.29 is 0 Å². The van der Waals surface area contributed by atoms with Crippen LogP contribution >= 0.6 is 15.9 Å². The first-order chi connectivity index (χ1) is 6.63.